The summed E-state index contributed by atoms with van der Waals surface area (Å²) in [5, 5.41) is 3.36. The first-order valence-corrected chi connectivity index (χ1v) is 8.60. The number of methoxy groups -OCH3 is 1. The minimum Gasteiger partial charge on any atom is -0.496 e. The fraction of sp³-hybridized carbons (Fsp3) is 0.278. The van der Waals surface area contributed by atoms with Crippen molar-refractivity contribution in [2.75, 3.05) is 13.7 Å². The van der Waals surface area contributed by atoms with E-state index in [1.807, 2.05) is 44.2 Å². The highest BCUT2D eigenvalue weighted by molar-refractivity contribution is 9.10. The molecule has 0 aliphatic rings. The molecule has 1 amide bonds. The zero-order chi connectivity index (χ0) is 17.7. The van der Waals surface area contributed by atoms with Crippen molar-refractivity contribution in [3.63, 3.8) is 0 Å². The van der Waals surface area contributed by atoms with Crippen LogP contribution in [0.2, 0.25) is 5.02 Å². The summed E-state index contributed by atoms with van der Waals surface area (Å²) < 4.78 is 11.8. The molecule has 0 heterocycles. The van der Waals surface area contributed by atoms with Gasteiger partial charge in [0.1, 0.15) is 11.5 Å². The summed E-state index contributed by atoms with van der Waals surface area (Å²) in [6.45, 7) is 3.66. The van der Waals surface area contributed by atoms with Crippen molar-refractivity contribution in [1.29, 1.82) is 0 Å². The minimum absolute atomic E-state index is 0.109. The van der Waals surface area contributed by atoms with Crippen molar-refractivity contribution in [2.45, 2.75) is 19.9 Å². The monoisotopic (exact) mass is 411 g/mol. The van der Waals surface area contributed by atoms with Crippen LogP contribution >= 0.6 is 27.5 Å². The zero-order valence-corrected chi connectivity index (χ0v) is 16.1. The Balaban J connectivity index is 1.99. The molecule has 0 aliphatic carbocycles. The number of carbonyl (C=O) groups is 1. The molecule has 0 aliphatic heterocycles. The van der Waals surface area contributed by atoms with Gasteiger partial charge in [0.05, 0.1) is 18.2 Å². The Bertz CT molecular complexity index is 713. The van der Waals surface area contributed by atoms with Gasteiger partial charge in [-0.2, -0.15) is 0 Å². The summed E-state index contributed by atoms with van der Waals surface area (Å²) in [4.78, 5) is 12.2. The average molecular weight is 413 g/mol. The van der Waals surface area contributed by atoms with E-state index in [0.29, 0.717) is 10.8 Å². The third kappa shape index (κ3) is 4.65. The van der Waals surface area contributed by atoms with E-state index in [-0.39, 0.29) is 18.6 Å². The molecule has 0 spiro atoms. The topological polar surface area (TPSA) is 47.6 Å². The summed E-state index contributed by atoms with van der Waals surface area (Å²) >= 11 is 9.52. The number of carbonyl (C=O) groups excluding carboxylic acids is 1. The van der Waals surface area contributed by atoms with Gasteiger partial charge in [-0.1, -0.05) is 45.7 Å². The fourth-order valence-electron chi connectivity index (χ4n) is 2.39. The predicted molar refractivity (Wildman–Crippen MR) is 98.9 cm³/mol. The molecular formula is C18H19BrClNO3. The summed E-state index contributed by atoms with van der Waals surface area (Å²) in [7, 11) is 1.61. The molecule has 4 nitrogen and oxygen atoms in total. The maximum absolute atomic E-state index is 12.2. The number of halogens is 2. The molecule has 2 aromatic rings. The molecule has 1 atom stereocenters. The molecule has 128 valence electrons. The molecule has 0 saturated heterocycles. The van der Waals surface area contributed by atoms with Crippen LogP contribution in [0, 0.1) is 6.92 Å². The predicted octanol–water partition coefficient (Wildman–Crippen LogP) is 4.68. The Kier molecular flexibility index (Phi) is 6.52. The highest BCUT2D eigenvalue weighted by atomic mass is 79.9. The average Bonchev–Trinajstić information content (AvgIpc) is 2.53. The SMILES string of the molecule is COc1ccccc1[C@H](C)NC(=O)COc1c(C)cc(Br)cc1Cl. The molecular weight excluding hydrogens is 394 g/mol. The standard InChI is InChI=1S/C18H19BrClNO3/c1-11-8-13(19)9-15(20)18(11)24-10-17(22)21-12(2)14-6-4-5-7-16(14)23-3/h4-9,12H,10H2,1-3H3,(H,21,22)/t12-/m0/s1. The number of hydrogen-bond donors (Lipinski definition) is 1. The van der Waals surface area contributed by atoms with E-state index >= 15 is 0 Å². The largest absolute Gasteiger partial charge is 0.496 e. The minimum atomic E-state index is -0.230. The van der Waals surface area contributed by atoms with E-state index in [2.05, 4.69) is 21.2 Å². The van der Waals surface area contributed by atoms with Crippen LogP contribution in [0.15, 0.2) is 40.9 Å². The highest BCUT2D eigenvalue weighted by Crippen LogP contribution is 2.32. The van der Waals surface area contributed by atoms with Crippen LogP contribution in [0.25, 0.3) is 0 Å². The lowest BCUT2D eigenvalue weighted by atomic mass is 10.1. The van der Waals surface area contributed by atoms with E-state index in [0.717, 1.165) is 21.3 Å². The van der Waals surface area contributed by atoms with Gasteiger partial charge in [0.2, 0.25) is 0 Å². The van der Waals surface area contributed by atoms with E-state index in [1.54, 1.807) is 13.2 Å². The molecule has 0 bridgehead atoms. The number of amides is 1. The summed E-state index contributed by atoms with van der Waals surface area (Å²) in [5.41, 5.74) is 1.77. The van der Waals surface area contributed by atoms with Gasteiger partial charge in [-0.3, -0.25) is 4.79 Å². The lowest BCUT2D eigenvalue weighted by molar-refractivity contribution is -0.123. The molecule has 0 aromatic heterocycles. The normalized spacial score (nSPS) is 11.7. The lowest BCUT2D eigenvalue weighted by Crippen LogP contribution is -2.31. The van der Waals surface area contributed by atoms with Crippen LogP contribution in [0.3, 0.4) is 0 Å². The molecule has 2 aromatic carbocycles. The Morgan fingerprint density at radius 1 is 1.33 bits per heavy atom. The van der Waals surface area contributed by atoms with Gasteiger partial charge in [0.25, 0.3) is 5.91 Å². The van der Waals surface area contributed by atoms with Crippen molar-refractivity contribution in [3.05, 3.63) is 57.0 Å². The first-order chi connectivity index (χ1) is 11.4. The smallest absolute Gasteiger partial charge is 0.258 e. The van der Waals surface area contributed by atoms with Crippen LogP contribution in [0.1, 0.15) is 24.1 Å². The number of benzene rings is 2. The molecule has 24 heavy (non-hydrogen) atoms. The summed E-state index contributed by atoms with van der Waals surface area (Å²) in [5.74, 6) is 1.02. The zero-order valence-electron chi connectivity index (χ0n) is 13.7. The first kappa shape index (κ1) is 18.6. The van der Waals surface area contributed by atoms with Gasteiger partial charge in [-0.15, -0.1) is 0 Å². The third-order valence-electron chi connectivity index (χ3n) is 3.52. The van der Waals surface area contributed by atoms with Crippen LogP contribution in [0.5, 0.6) is 11.5 Å². The first-order valence-electron chi connectivity index (χ1n) is 7.43. The third-order valence-corrected chi connectivity index (χ3v) is 4.26. The number of aryl methyl sites for hydroxylation is 1. The number of hydrogen-bond acceptors (Lipinski definition) is 3. The van der Waals surface area contributed by atoms with Crippen LogP contribution in [0.4, 0.5) is 0 Å². The van der Waals surface area contributed by atoms with Crippen molar-refractivity contribution in [3.8, 4) is 11.5 Å². The summed E-state index contributed by atoms with van der Waals surface area (Å²) in [6.07, 6.45) is 0. The number of para-hydroxylation sites is 1. The Morgan fingerprint density at radius 2 is 2.04 bits per heavy atom. The van der Waals surface area contributed by atoms with Gasteiger partial charge >= 0.3 is 0 Å². The quantitative estimate of drug-likeness (QED) is 0.749. The Labute approximate surface area is 155 Å². The number of rotatable bonds is 6. The van der Waals surface area contributed by atoms with Crippen LogP contribution in [-0.4, -0.2) is 19.6 Å². The molecule has 6 heteroatoms. The van der Waals surface area contributed by atoms with Gasteiger partial charge < -0.3 is 14.8 Å². The molecule has 0 saturated carbocycles. The highest BCUT2D eigenvalue weighted by Gasteiger charge is 2.15. The number of ether oxygens (including phenoxy) is 2. The van der Waals surface area contributed by atoms with Crippen LogP contribution in [-0.2, 0) is 4.79 Å². The van der Waals surface area contributed by atoms with E-state index < -0.39 is 0 Å². The van der Waals surface area contributed by atoms with Crippen molar-refractivity contribution >= 4 is 33.4 Å². The fourth-order valence-corrected chi connectivity index (χ4v) is 3.42. The Hall–Kier alpha value is -1.72. The van der Waals surface area contributed by atoms with Gasteiger partial charge in [0.15, 0.2) is 6.61 Å². The second kappa shape index (κ2) is 8.40. The van der Waals surface area contributed by atoms with Crippen molar-refractivity contribution in [1.82, 2.24) is 5.32 Å². The van der Waals surface area contributed by atoms with E-state index in [1.165, 1.54) is 0 Å². The second-order valence-electron chi connectivity index (χ2n) is 5.35. The van der Waals surface area contributed by atoms with Gasteiger partial charge in [-0.05, 0) is 37.6 Å². The number of nitrogens with one attached hydrogen (secondary N) is 1. The van der Waals surface area contributed by atoms with Crippen molar-refractivity contribution < 1.29 is 14.3 Å². The Morgan fingerprint density at radius 3 is 2.71 bits per heavy atom. The van der Waals surface area contributed by atoms with E-state index in [4.69, 9.17) is 21.1 Å². The van der Waals surface area contributed by atoms with Crippen LogP contribution < -0.4 is 14.8 Å². The van der Waals surface area contributed by atoms with Crippen molar-refractivity contribution in [2.24, 2.45) is 0 Å². The summed E-state index contributed by atoms with van der Waals surface area (Å²) in [6, 6.07) is 11.0. The molecule has 0 fully saturated rings. The van der Waals surface area contributed by atoms with E-state index in [9.17, 15) is 4.79 Å². The molecule has 2 rings (SSSR count). The molecule has 1 N–H and O–H groups in total. The maximum Gasteiger partial charge on any atom is 0.258 e. The van der Waals surface area contributed by atoms with Gasteiger partial charge in [0, 0.05) is 10.0 Å². The molecule has 0 unspecified atom stereocenters. The lowest BCUT2D eigenvalue weighted by Gasteiger charge is -2.18. The maximum atomic E-state index is 12.2. The molecule has 0 radical (unpaired) electrons. The second-order valence-corrected chi connectivity index (χ2v) is 6.68. The van der Waals surface area contributed by atoms with Gasteiger partial charge in [-0.25, -0.2) is 0 Å².